The van der Waals surface area contributed by atoms with Crippen molar-refractivity contribution in [3.05, 3.63) is 71.9 Å². The number of anilines is 3. The molecule has 0 N–H and O–H groups in total. The lowest BCUT2D eigenvalue weighted by Gasteiger charge is -2.31. The first kappa shape index (κ1) is 15.7. The van der Waals surface area contributed by atoms with E-state index >= 15 is 0 Å². The van der Waals surface area contributed by atoms with Crippen molar-refractivity contribution in [3.63, 3.8) is 0 Å². The second kappa shape index (κ2) is 5.35. The van der Waals surface area contributed by atoms with E-state index in [4.69, 9.17) is 4.98 Å². The highest BCUT2D eigenvalue weighted by Gasteiger charge is 2.37. The summed E-state index contributed by atoms with van der Waals surface area (Å²) in [5.74, 6) is 2.14. The predicted octanol–water partition coefficient (Wildman–Crippen LogP) is 4.57. The molecule has 2 aliphatic rings. The number of hydrogen-bond donors (Lipinski definition) is 0. The number of imidazole rings is 1. The van der Waals surface area contributed by atoms with Gasteiger partial charge in [0.1, 0.15) is 12.0 Å². The molecule has 0 unspecified atom stereocenters. The minimum Gasteiger partial charge on any atom is -0.351 e. The molecule has 28 heavy (non-hydrogen) atoms. The van der Waals surface area contributed by atoms with Crippen molar-refractivity contribution < 1.29 is 0 Å². The number of benzene rings is 2. The molecule has 5 nitrogen and oxygen atoms in total. The van der Waals surface area contributed by atoms with E-state index in [0.717, 1.165) is 18.1 Å². The molecule has 0 aliphatic carbocycles. The number of aryl methyl sites for hydroxylation is 1. The lowest BCUT2D eigenvalue weighted by atomic mass is 9.95. The summed E-state index contributed by atoms with van der Waals surface area (Å²) in [5.41, 5.74) is 6.36. The second-order valence-corrected chi connectivity index (χ2v) is 7.70. The van der Waals surface area contributed by atoms with E-state index in [9.17, 15) is 0 Å². The molecule has 0 radical (unpaired) electrons. The van der Waals surface area contributed by atoms with Crippen molar-refractivity contribution in [1.29, 1.82) is 0 Å². The van der Waals surface area contributed by atoms with Gasteiger partial charge in [-0.25, -0.2) is 9.97 Å². The molecule has 138 valence electrons. The molecule has 1 atom stereocenters. The van der Waals surface area contributed by atoms with Crippen LogP contribution in [0.5, 0.6) is 0 Å². The summed E-state index contributed by atoms with van der Waals surface area (Å²) in [6.45, 7) is 4.49. The van der Waals surface area contributed by atoms with Crippen LogP contribution in [0.4, 0.5) is 17.2 Å². The minimum absolute atomic E-state index is 0.196. The first-order valence-corrected chi connectivity index (χ1v) is 9.70. The van der Waals surface area contributed by atoms with Crippen LogP contribution in [0.1, 0.15) is 23.9 Å². The summed E-state index contributed by atoms with van der Waals surface area (Å²) in [6, 6.07) is 12.9. The fourth-order valence-electron chi connectivity index (χ4n) is 4.93. The van der Waals surface area contributed by atoms with E-state index in [1.165, 1.54) is 39.0 Å². The molecule has 0 fully saturated rings. The number of fused-ring (bicyclic) bond motifs is 6. The number of hydrogen-bond acceptors (Lipinski definition) is 4. The van der Waals surface area contributed by atoms with Crippen LogP contribution in [0.15, 0.2) is 55.0 Å². The number of rotatable bonds is 1. The van der Waals surface area contributed by atoms with Crippen LogP contribution in [-0.2, 0) is 6.42 Å². The van der Waals surface area contributed by atoms with E-state index in [0.29, 0.717) is 0 Å². The third-order valence-electron chi connectivity index (χ3n) is 6.36. The Hall–Kier alpha value is -3.34. The first-order chi connectivity index (χ1) is 13.7. The Morgan fingerprint density at radius 1 is 0.964 bits per heavy atom. The molecule has 6 rings (SSSR count). The van der Waals surface area contributed by atoms with Gasteiger partial charge in [-0.05, 0) is 36.9 Å². The highest BCUT2D eigenvalue weighted by Crippen LogP contribution is 2.49. The van der Waals surface area contributed by atoms with Crippen LogP contribution in [0, 0.1) is 6.92 Å². The highest BCUT2D eigenvalue weighted by atomic mass is 15.4. The Labute approximate surface area is 163 Å². The molecule has 4 heterocycles. The summed E-state index contributed by atoms with van der Waals surface area (Å²) in [4.78, 5) is 14.1. The van der Waals surface area contributed by atoms with Gasteiger partial charge >= 0.3 is 0 Å². The lowest BCUT2D eigenvalue weighted by molar-refractivity contribution is 0.728. The largest absolute Gasteiger partial charge is 0.351 e. The van der Waals surface area contributed by atoms with Crippen molar-refractivity contribution in [3.8, 4) is 5.69 Å². The summed E-state index contributed by atoms with van der Waals surface area (Å²) in [7, 11) is 2.15. The Bertz CT molecular complexity index is 1260. The monoisotopic (exact) mass is 367 g/mol. The Morgan fingerprint density at radius 2 is 1.79 bits per heavy atom. The molecule has 0 bridgehead atoms. The Kier molecular flexibility index (Phi) is 3.00. The fraction of sp³-hybridized carbons (Fsp3) is 0.217. The van der Waals surface area contributed by atoms with Gasteiger partial charge < -0.3 is 14.4 Å². The van der Waals surface area contributed by atoms with E-state index in [-0.39, 0.29) is 6.17 Å². The molecule has 0 saturated carbocycles. The zero-order chi connectivity index (χ0) is 19.0. The van der Waals surface area contributed by atoms with E-state index in [1.54, 1.807) is 0 Å². The summed E-state index contributed by atoms with van der Waals surface area (Å²) < 4.78 is 2.25. The van der Waals surface area contributed by atoms with Crippen LogP contribution < -0.4 is 9.80 Å². The van der Waals surface area contributed by atoms with Gasteiger partial charge in [-0.1, -0.05) is 24.3 Å². The zero-order valence-corrected chi connectivity index (χ0v) is 16.2. The van der Waals surface area contributed by atoms with Gasteiger partial charge in [0.15, 0.2) is 5.82 Å². The van der Waals surface area contributed by atoms with Crippen LogP contribution in [0.3, 0.4) is 0 Å². The molecule has 2 aromatic carbocycles. The van der Waals surface area contributed by atoms with Gasteiger partial charge in [0.25, 0.3) is 0 Å². The number of nitrogens with zero attached hydrogens (tertiary/aromatic N) is 5. The third-order valence-corrected chi connectivity index (χ3v) is 6.36. The van der Waals surface area contributed by atoms with Gasteiger partial charge in [0, 0.05) is 43.0 Å². The van der Waals surface area contributed by atoms with Crippen LogP contribution in [-0.4, -0.2) is 27.7 Å². The molecule has 4 aromatic rings. The predicted molar refractivity (Wildman–Crippen MR) is 113 cm³/mol. The van der Waals surface area contributed by atoms with Gasteiger partial charge in [-0.15, -0.1) is 0 Å². The lowest BCUT2D eigenvalue weighted by Crippen LogP contribution is -2.36. The summed E-state index contributed by atoms with van der Waals surface area (Å²) >= 11 is 0. The molecule has 5 heteroatoms. The maximum atomic E-state index is 4.76. The van der Waals surface area contributed by atoms with Crippen molar-refractivity contribution >= 4 is 28.0 Å². The van der Waals surface area contributed by atoms with Gasteiger partial charge in [-0.2, -0.15) is 0 Å². The molecule has 0 saturated heterocycles. The highest BCUT2D eigenvalue weighted by molar-refractivity contribution is 6.01. The number of pyridine rings is 1. The molecule has 2 aliphatic heterocycles. The smallest absolute Gasteiger partial charge is 0.158 e. The van der Waals surface area contributed by atoms with Gasteiger partial charge in [-0.3, -0.25) is 0 Å². The summed E-state index contributed by atoms with van der Waals surface area (Å²) in [5, 5.41) is 2.58. The Balaban J connectivity index is 1.72. The molecule has 0 amide bonds. The molecular weight excluding hydrogens is 346 g/mol. The SMILES string of the molecule is Cc1c(N2c3ncccc3N(C)[C@@H]2C)c2c(c3ccccc13)-n1ccnc1C2. The quantitative estimate of drug-likeness (QED) is 0.435. The van der Waals surface area contributed by atoms with E-state index < -0.39 is 0 Å². The van der Waals surface area contributed by atoms with Crippen molar-refractivity contribution in [1.82, 2.24) is 14.5 Å². The van der Waals surface area contributed by atoms with Crippen molar-refractivity contribution in [2.45, 2.75) is 26.4 Å². The zero-order valence-electron chi connectivity index (χ0n) is 16.2. The maximum absolute atomic E-state index is 4.76. The molecule has 2 aromatic heterocycles. The van der Waals surface area contributed by atoms with E-state index in [1.807, 2.05) is 18.5 Å². The van der Waals surface area contributed by atoms with Crippen LogP contribution in [0.25, 0.3) is 16.5 Å². The van der Waals surface area contributed by atoms with Crippen LogP contribution in [0.2, 0.25) is 0 Å². The molecular formula is C23H21N5. The van der Waals surface area contributed by atoms with Gasteiger partial charge in [0.05, 0.1) is 17.1 Å². The topological polar surface area (TPSA) is 37.2 Å². The van der Waals surface area contributed by atoms with Crippen molar-refractivity contribution in [2.75, 3.05) is 16.8 Å². The van der Waals surface area contributed by atoms with Crippen molar-refractivity contribution in [2.24, 2.45) is 0 Å². The number of aromatic nitrogens is 3. The first-order valence-electron chi connectivity index (χ1n) is 9.70. The second-order valence-electron chi connectivity index (χ2n) is 7.70. The van der Waals surface area contributed by atoms with Crippen LogP contribution >= 0.6 is 0 Å². The molecule has 0 spiro atoms. The average molecular weight is 367 g/mol. The summed E-state index contributed by atoms with van der Waals surface area (Å²) in [6.07, 6.45) is 6.91. The standard InChI is InChI=1S/C23H21N5/c1-14-16-7-4-5-8-17(16)22-18(13-20-24-11-12-27(20)22)21(14)28-15(2)26(3)19-9-6-10-25-23(19)28/h4-12,15H,13H2,1-3H3/t15-/m0/s1. The fourth-order valence-corrected chi connectivity index (χ4v) is 4.93. The average Bonchev–Trinajstić information content (AvgIpc) is 3.37. The van der Waals surface area contributed by atoms with Gasteiger partial charge in [0.2, 0.25) is 0 Å². The normalized spacial score (nSPS) is 17.2. The Morgan fingerprint density at radius 3 is 2.64 bits per heavy atom. The maximum Gasteiger partial charge on any atom is 0.158 e. The third kappa shape index (κ3) is 1.81. The minimum atomic E-state index is 0.196. The van der Waals surface area contributed by atoms with E-state index in [2.05, 4.69) is 76.8 Å².